The first-order chi connectivity index (χ1) is 13.0. The van der Waals surface area contributed by atoms with E-state index in [4.69, 9.17) is 14.2 Å². The summed E-state index contributed by atoms with van der Waals surface area (Å²) in [5.74, 6) is 0.304. The van der Waals surface area contributed by atoms with Crippen LogP contribution in [0.2, 0.25) is 0 Å². The number of carboxylic acids is 1. The van der Waals surface area contributed by atoms with Gasteiger partial charge in [-0.05, 0) is 30.2 Å². The molecular formula is C20H23NO6. The molecule has 2 rings (SSSR count). The molecule has 2 N–H and O–H groups in total. The Balaban J connectivity index is 2.01. The maximum absolute atomic E-state index is 12.2. The highest BCUT2D eigenvalue weighted by Gasteiger charge is 2.16. The van der Waals surface area contributed by atoms with Gasteiger partial charge >= 0.3 is 5.97 Å². The van der Waals surface area contributed by atoms with Crippen LogP contribution in [0.1, 0.15) is 27.9 Å². The van der Waals surface area contributed by atoms with Gasteiger partial charge in [-0.2, -0.15) is 0 Å². The van der Waals surface area contributed by atoms with Crippen LogP contribution >= 0.6 is 0 Å². The molecule has 0 fully saturated rings. The van der Waals surface area contributed by atoms with Crippen LogP contribution in [0.15, 0.2) is 36.4 Å². The highest BCUT2D eigenvalue weighted by atomic mass is 16.5. The number of methoxy groups -OCH3 is 3. The number of hydrogen-bond donors (Lipinski definition) is 2. The molecule has 7 nitrogen and oxygen atoms in total. The first-order valence-electron chi connectivity index (χ1n) is 8.37. The van der Waals surface area contributed by atoms with Crippen molar-refractivity contribution in [1.29, 1.82) is 0 Å². The number of carboxylic acid groups (broad SMARTS) is 1. The molecular weight excluding hydrogens is 350 g/mol. The second-order valence-electron chi connectivity index (χ2n) is 5.73. The van der Waals surface area contributed by atoms with E-state index >= 15 is 0 Å². The molecule has 2 aromatic carbocycles. The average Bonchev–Trinajstić information content (AvgIpc) is 2.69. The van der Waals surface area contributed by atoms with Gasteiger partial charge in [0.05, 0.1) is 26.9 Å². The normalized spacial score (nSPS) is 10.2. The number of ether oxygens (including phenoxy) is 3. The summed E-state index contributed by atoms with van der Waals surface area (Å²) in [6.07, 6.45) is 0.525. The minimum Gasteiger partial charge on any atom is -0.493 e. The molecule has 144 valence electrons. The molecule has 0 aliphatic heterocycles. The Morgan fingerprint density at radius 1 is 0.926 bits per heavy atom. The summed E-state index contributed by atoms with van der Waals surface area (Å²) >= 11 is 0. The minimum absolute atomic E-state index is 0.180. The van der Waals surface area contributed by atoms with Crippen LogP contribution in [0, 0.1) is 0 Å². The highest BCUT2D eigenvalue weighted by molar-refractivity contribution is 5.89. The predicted octanol–water partition coefficient (Wildman–Crippen LogP) is 2.66. The first kappa shape index (κ1) is 20.1. The van der Waals surface area contributed by atoms with Crippen molar-refractivity contribution in [3.8, 4) is 17.2 Å². The van der Waals surface area contributed by atoms with Crippen molar-refractivity contribution >= 4 is 11.9 Å². The fourth-order valence-corrected chi connectivity index (χ4v) is 2.78. The van der Waals surface area contributed by atoms with E-state index in [0.717, 1.165) is 5.56 Å². The van der Waals surface area contributed by atoms with Gasteiger partial charge in [-0.3, -0.25) is 4.79 Å². The first-order valence-corrected chi connectivity index (χ1v) is 8.37. The van der Waals surface area contributed by atoms with Gasteiger partial charge in [-0.25, -0.2) is 4.79 Å². The molecule has 0 aliphatic carbocycles. The molecule has 0 atom stereocenters. The third kappa shape index (κ3) is 4.91. The lowest BCUT2D eigenvalue weighted by Crippen LogP contribution is -2.23. The summed E-state index contributed by atoms with van der Waals surface area (Å²) in [6.45, 7) is 0.253. The minimum atomic E-state index is -0.999. The van der Waals surface area contributed by atoms with Crippen molar-refractivity contribution in [3.05, 3.63) is 53.1 Å². The van der Waals surface area contributed by atoms with Crippen LogP contribution in [-0.4, -0.2) is 38.3 Å². The van der Waals surface area contributed by atoms with Gasteiger partial charge in [0.2, 0.25) is 11.7 Å². The molecule has 27 heavy (non-hydrogen) atoms. The zero-order chi connectivity index (χ0) is 19.8. The number of benzene rings is 2. The summed E-state index contributed by atoms with van der Waals surface area (Å²) in [5, 5.41) is 12.0. The van der Waals surface area contributed by atoms with E-state index in [1.54, 1.807) is 30.3 Å². The number of rotatable bonds is 9. The molecule has 0 aliphatic rings. The van der Waals surface area contributed by atoms with E-state index in [2.05, 4.69) is 5.32 Å². The second kappa shape index (κ2) is 9.47. The molecule has 0 aromatic heterocycles. The molecule has 1 amide bonds. The van der Waals surface area contributed by atoms with Crippen LogP contribution in [0.3, 0.4) is 0 Å². The van der Waals surface area contributed by atoms with Crippen molar-refractivity contribution in [1.82, 2.24) is 5.32 Å². The Labute approximate surface area is 157 Å². The predicted molar refractivity (Wildman–Crippen MR) is 99.7 cm³/mol. The van der Waals surface area contributed by atoms with Crippen molar-refractivity contribution in [2.45, 2.75) is 19.4 Å². The zero-order valence-corrected chi connectivity index (χ0v) is 15.6. The Morgan fingerprint density at radius 3 is 2.26 bits per heavy atom. The summed E-state index contributed by atoms with van der Waals surface area (Å²) < 4.78 is 16.0. The molecule has 0 saturated heterocycles. The topological polar surface area (TPSA) is 94.1 Å². The Hall–Kier alpha value is -3.22. The van der Waals surface area contributed by atoms with Crippen LogP contribution in [-0.2, 0) is 17.8 Å². The van der Waals surface area contributed by atoms with E-state index in [1.165, 1.54) is 27.4 Å². The molecule has 0 unspecified atom stereocenters. The summed E-state index contributed by atoms with van der Waals surface area (Å²) in [7, 11) is 4.57. The standard InChI is InChI=1S/C20H23NO6/c1-25-16-10-8-14(18(26-2)19(16)27-3)12-21-17(22)11-9-13-6-4-5-7-15(13)20(23)24/h4-8,10H,9,11-12H2,1-3H3,(H,21,22)(H,23,24). The van der Waals surface area contributed by atoms with E-state index < -0.39 is 5.97 Å². The third-order valence-electron chi connectivity index (χ3n) is 4.13. The van der Waals surface area contributed by atoms with Gasteiger partial charge in [0.25, 0.3) is 0 Å². The van der Waals surface area contributed by atoms with Crippen LogP contribution in [0.25, 0.3) is 0 Å². The van der Waals surface area contributed by atoms with E-state index in [9.17, 15) is 14.7 Å². The number of aromatic carboxylic acids is 1. The van der Waals surface area contributed by atoms with Crippen molar-refractivity contribution in [2.24, 2.45) is 0 Å². The Kier molecular flexibility index (Phi) is 7.05. The number of nitrogens with one attached hydrogen (secondary N) is 1. The lowest BCUT2D eigenvalue weighted by molar-refractivity contribution is -0.121. The van der Waals surface area contributed by atoms with E-state index in [-0.39, 0.29) is 24.4 Å². The summed E-state index contributed by atoms with van der Waals surface area (Å²) in [6, 6.07) is 10.2. The highest BCUT2D eigenvalue weighted by Crippen LogP contribution is 2.39. The molecule has 0 heterocycles. The summed E-state index contributed by atoms with van der Waals surface area (Å²) in [5.41, 5.74) is 1.59. The van der Waals surface area contributed by atoms with Crippen LogP contribution in [0.5, 0.6) is 17.2 Å². The Bertz CT molecular complexity index is 818. The van der Waals surface area contributed by atoms with Gasteiger partial charge < -0.3 is 24.6 Å². The zero-order valence-electron chi connectivity index (χ0n) is 15.6. The maximum Gasteiger partial charge on any atom is 0.335 e. The van der Waals surface area contributed by atoms with E-state index in [0.29, 0.717) is 29.2 Å². The quantitative estimate of drug-likeness (QED) is 0.702. The fourth-order valence-electron chi connectivity index (χ4n) is 2.78. The largest absolute Gasteiger partial charge is 0.493 e. The molecule has 0 radical (unpaired) electrons. The number of carbonyl (C=O) groups excluding carboxylic acids is 1. The number of hydrogen-bond acceptors (Lipinski definition) is 5. The number of carbonyl (C=O) groups is 2. The van der Waals surface area contributed by atoms with Crippen LogP contribution in [0.4, 0.5) is 0 Å². The molecule has 0 bridgehead atoms. The van der Waals surface area contributed by atoms with E-state index in [1.807, 2.05) is 0 Å². The summed E-state index contributed by atoms with van der Waals surface area (Å²) in [4.78, 5) is 23.4. The van der Waals surface area contributed by atoms with Crippen LogP contribution < -0.4 is 19.5 Å². The second-order valence-corrected chi connectivity index (χ2v) is 5.73. The van der Waals surface area contributed by atoms with Crippen molar-refractivity contribution < 1.29 is 28.9 Å². The fraction of sp³-hybridized carbons (Fsp3) is 0.300. The monoisotopic (exact) mass is 373 g/mol. The molecule has 2 aromatic rings. The maximum atomic E-state index is 12.2. The van der Waals surface area contributed by atoms with Crippen molar-refractivity contribution in [2.75, 3.05) is 21.3 Å². The SMILES string of the molecule is COc1ccc(CNC(=O)CCc2ccccc2C(=O)O)c(OC)c1OC. The lowest BCUT2D eigenvalue weighted by atomic mass is 10.0. The smallest absolute Gasteiger partial charge is 0.335 e. The Morgan fingerprint density at radius 2 is 1.63 bits per heavy atom. The lowest BCUT2D eigenvalue weighted by Gasteiger charge is -2.16. The molecule has 0 spiro atoms. The van der Waals surface area contributed by atoms with Gasteiger partial charge in [0, 0.05) is 18.5 Å². The molecule has 7 heteroatoms. The van der Waals surface area contributed by atoms with Crippen molar-refractivity contribution in [3.63, 3.8) is 0 Å². The van der Waals surface area contributed by atoms with Gasteiger partial charge in [0.15, 0.2) is 11.5 Å². The number of amides is 1. The number of aryl methyl sites for hydroxylation is 1. The average molecular weight is 373 g/mol. The third-order valence-corrected chi connectivity index (χ3v) is 4.13. The van der Waals surface area contributed by atoms with Gasteiger partial charge in [-0.1, -0.05) is 18.2 Å². The van der Waals surface area contributed by atoms with Gasteiger partial charge in [0.1, 0.15) is 0 Å². The van der Waals surface area contributed by atoms with Gasteiger partial charge in [-0.15, -0.1) is 0 Å². The molecule has 0 saturated carbocycles.